The van der Waals surface area contributed by atoms with E-state index in [4.69, 9.17) is 5.73 Å². The van der Waals surface area contributed by atoms with Crippen molar-refractivity contribution in [2.75, 3.05) is 5.73 Å². The predicted octanol–water partition coefficient (Wildman–Crippen LogP) is 3.14. The maximum Gasteiger partial charge on any atom is 0.180 e. The Hall–Kier alpha value is -0.390. The Morgan fingerprint density at radius 3 is 2.92 bits per heavy atom. The number of halogens is 1. The molecule has 0 unspecified atom stereocenters. The second-order valence-electron chi connectivity index (χ2n) is 2.53. The molecule has 2 N–H and O–H groups in total. The minimum absolute atomic E-state index is 0.641. The lowest BCUT2D eigenvalue weighted by Gasteiger charge is -1.93. The van der Waals surface area contributed by atoms with E-state index in [0.717, 1.165) is 6.42 Å². The Morgan fingerprint density at radius 1 is 1.54 bits per heavy atom. The predicted molar refractivity (Wildman–Crippen MR) is 61.4 cm³/mol. The summed E-state index contributed by atoms with van der Waals surface area (Å²) < 4.78 is 1.17. The summed E-state index contributed by atoms with van der Waals surface area (Å²) in [6, 6.07) is 2.06. The van der Waals surface area contributed by atoms with Crippen molar-refractivity contribution in [2.45, 2.75) is 6.42 Å². The molecule has 0 aliphatic rings. The van der Waals surface area contributed by atoms with Crippen LogP contribution in [-0.2, 0) is 6.42 Å². The van der Waals surface area contributed by atoms with Gasteiger partial charge in [0.05, 0.1) is 0 Å². The molecule has 0 aliphatic carbocycles. The van der Waals surface area contributed by atoms with Gasteiger partial charge in [0.15, 0.2) is 5.13 Å². The van der Waals surface area contributed by atoms with Gasteiger partial charge in [0, 0.05) is 26.8 Å². The minimum atomic E-state index is 0.641. The monoisotopic (exact) mass is 274 g/mol. The van der Waals surface area contributed by atoms with Crippen molar-refractivity contribution in [3.05, 3.63) is 31.9 Å². The van der Waals surface area contributed by atoms with E-state index in [1.165, 1.54) is 14.2 Å². The Labute approximate surface area is 92.6 Å². The van der Waals surface area contributed by atoms with Crippen molar-refractivity contribution in [2.24, 2.45) is 0 Å². The zero-order valence-corrected chi connectivity index (χ0v) is 9.88. The average Bonchev–Trinajstić information content (AvgIpc) is 2.64. The van der Waals surface area contributed by atoms with Crippen LogP contribution in [0.4, 0.5) is 5.13 Å². The summed E-state index contributed by atoms with van der Waals surface area (Å²) in [7, 11) is 0. The third kappa shape index (κ3) is 2.10. The lowest BCUT2D eigenvalue weighted by atomic mass is 10.3. The van der Waals surface area contributed by atoms with Crippen LogP contribution in [0.5, 0.6) is 0 Å². The maximum atomic E-state index is 5.54. The molecule has 2 heterocycles. The molecule has 0 bridgehead atoms. The fourth-order valence-corrected chi connectivity index (χ4v) is 3.32. The van der Waals surface area contributed by atoms with Gasteiger partial charge in [-0.3, -0.25) is 0 Å². The fourth-order valence-electron chi connectivity index (χ4n) is 1.01. The summed E-state index contributed by atoms with van der Waals surface area (Å²) in [5, 5.41) is 2.71. The van der Waals surface area contributed by atoms with Gasteiger partial charge in [-0.2, -0.15) is 0 Å². The molecule has 0 saturated carbocycles. The van der Waals surface area contributed by atoms with Gasteiger partial charge in [-0.05, 0) is 27.4 Å². The van der Waals surface area contributed by atoms with Crippen LogP contribution in [0.15, 0.2) is 22.1 Å². The summed E-state index contributed by atoms with van der Waals surface area (Å²) in [6.45, 7) is 0. The number of anilines is 1. The van der Waals surface area contributed by atoms with E-state index in [2.05, 4.69) is 32.4 Å². The lowest BCUT2D eigenvalue weighted by molar-refractivity contribution is 1.26. The van der Waals surface area contributed by atoms with Crippen LogP contribution >= 0.6 is 38.6 Å². The molecule has 5 heteroatoms. The topological polar surface area (TPSA) is 38.9 Å². The van der Waals surface area contributed by atoms with Gasteiger partial charge in [0.2, 0.25) is 0 Å². The summed E-state index contributed by atoms with van der Waals surface area (Å²) in [4.78, 5) is 6.54. The van der Waals surface area contributed by atoms with E-state index in [1.807, 2.05) is 6.20 Å². The van der Waals surface area contributed by atoms with Crippen molar-refractivity contribution in [1.82, 2.24) is 4.98 Å². The molecule has 0 aliphatic heterocycles. The van der Waals surface area contributed by atoms with Gasteiger partial charge in [-0.1, -0.05) is 0 Å². The number of thiophene rings is 1. The molecule has 0 fully saturated rings. The highest BCUT2D eigenvalue weighted by atomic mass is 79.9. The number of hydrogen-bond acceptors (Lipinski definition) is 4. The highest BCUT2D eigenvalue weighted by Crippen LogP contribution is 2.27. The highest BCUT2D eigenvalue weighted by Gasteiger charge is 2.04. The molecule has 68 valence electrons. The summed E-state index contributed by atoms with van der Waals surface area (Å²) in [5.41, 5.74) is 5.54. The van der Waals surface area contributed by atoms with Crippen LogP contribution in [0.1, 0.15) is 9.75 Å². The van der Waals surface area contributed by atoms with Gasteiger partial charge in [0.25, 0.3) is 0 Å². The van der Waals surface area contributed by atoms with Crippen LogP contribution in [0, 0.1) is 0 Å². The largest absolute Gasteiger partial charge is 0.375 e. The number of thiazole rings is 1. The molecule has 0 amide bonds. The van der Waals surface area contributed by atoms with Crippen LogP contribution in [-0.4, -0.2) is 4.98 Å². The number of nitrogen functional groups attached to an aromatic ring is 1. The van der Waals surface area contributed by atoms with E-state index in [1.54, 1.807) is 22.7 Å². The molecular weight excluding hydrogens is 268 g/mol. The lowest BCUT2D eigenvalue weighted by Crippen LogP contribution is -1.79. The third-order valence-corrected chi connectivity index (χ3v) is 4.35. The van der Waals surface area contributed by atoms with E-state index in [-0.39, 0.29) is 0 Å². The van der Waals surface area contributed by atoms with Crippen molar-refractivity contribution < 1.29 is 0 Å². The molecule has 0 atom stereocenters. The number of nitrogens with two attached hydrogens (primary N) is 1. The van der Waals surface area contributed by atoms with Gasteiger partial charge in [-0.25, -0.2) is 4.98 Å². The molecule has 0 spiro atoms. The fraction of sp³-hybridized carbons (Fsp3) is 0.125. The molecule has 2 rings (SSSR count). The average molecular weight is 275 g/mol. The van der Waals surface area contributed by atoms with Crippen molar-refractivity contribution in [3.63, 3.8) is 0 Å². The van der Waals surface area contributed by atoms with E-state index in [0.29, 0.717) is 5.13 Å². The van der Waals surface area contributed by atoms with Gasteiger partial charge in [-0.15, -0.1) is 22.7 Å². The van der Waals surface area contributed by atoms with E-state index >= 15 is 0 Å². The van der Waals surface area contributed by atoms with E-state index in [9.17, 15) is 0 Å². The Bertz CT molecular complexity index is 408. The first-order valence-electron chi connectivity index (χ1n) is 3.68. The third-order valence-electron chi connectivity index (χ3n) is 1.60. The Kier molecular flexibility index (Phi) is 2.66. The van der Waals surface area contributed by atoms with E-state index < -0.39 is 0 Å². The molecule has 2 nitrogen and oxygen atoms in total. The zero-order chi connectivity index (χ0) is 9.26. The Morgan fingerprint density at radius 2 is 2.38 bits per heavy atom. The van der Waals surface area contributed by atoms with Crippen LogP contribution in [0.3, 0.4) is 0 Å². The van der Waals surface area contributed by atoms with Crippen molar-refractivity contribution in [3.8, 4) is 0 Å². The smallest absolute Gasteiger partial charge is 0.180 e. The summed E-state index contributed by atoms with van der Waals surface area (Å²) >= 11 is 6.79. The summed E-state index contributed by atoms with van der Waals surface area (Å²) in [6.07, 6.45) is 2.76. The number of hydrogen-bond donors (Lipinski definition) is 1. The molecule has 2 aromatic rings. The molecule has 0 radical (unpaired) electrons. The molecular formula is C8H7BrN2S2. The maximum absolute atomic E-state index is 5.54. The molecule has 0 aromatic carbocycles. The first-order chi connectivity index (χ1) is 6.25. The highest BCUT2D eigenvalue weighted by molar-refractivity contribution is 9.10. The number of nitrogens with zero attached hydrogens (tertiary/aromatic N) is 1. The zero-order valence-electron chi connectivity index (χ0n) is 6.66. The molecule has 0 saturated heterocycles. The van der Waals surface area contributed by atoms with Crippen LogP contribution < -0.4 is 5.73 Å². The Balaban J connectivity index is 2.19. The second-order valence-corrected chi connectivity index (χ2v) is 5.54. The SMILES string of the molecule is Nc1ncc(Cc2sccc2Br)s1. The quantitative estimate of drug-likeness (QED) is 0.914. The summed E-state index contributed by atoms with van der Waals surface area (Å²) in [5.74, 6) is 0. The van der Waals surface area contributed by atoms with Crippen molar-refractivity contribution >= 4 is 43.7 Å². The van der Waals surface area contributed by atoms with Gasteiger partial charge in [0.1, 0.15) is 0 Å². The van der Waals surface area contributed by atoms with Crippen LogP contribution in [0.25, 0.3) is 0 Å². The van der Waals surface area contributed by atoms with Gasteiger partial charge < -0.3 is 5.73 Å². The standard InChI is InChI=1S/C8H7BrN2S2/c9-6-1-2-12-7(6)3-5-4-11-8(10)13-5/h1-2,4H,3H2,(H2,10,11). The van der Waals surface area contributed by atoms with Gasteiger partial charge >= 0.3 is 0 Å². The number of rotatable bonds is 2. The molecule has 13 heavy (non-hydrogen) atoms. The minimum Gasteiger partial charge on any atom is -0.375 e. The first-order valence-corrected chi connectivity index (χ1v) is 6.16. The van der Waals surface area contributed by atoms with Crippen molar-refractivity contribution in [1.29, 1.82) is 0 Å². The first kappa shape index (κ1) is 9.18. The second kappa shape index (κ2) is 3.77. The normalized spacial score (nSPS) is 10.5. The molecule has 2 aromatic heterocycles. The number of aromatic nitrogens is 1. The van der Waals surface area contributed by atoms with Crippen LogP contribution in [0.2, 0.25) is 0 Å².